The Labute approximate surface area is 109 Å². The molecular weight excluding hydrogens is 252 g/mol. The number of carbonyl (C=O) groups is 2. The van der Waals surface area contributed by atoms with Crippen LogP contribution in [0.1, 0.15) is 18.4 Å². The summed E-state index contributed by atoms with van der Waals surface area (Å²) in [6.45, 7) is 0.761. The highest BCUT2D eigenvalue weighted by Gasteiger charge is 2.27. The smallest absolute Gasteiger partial charge is 0.323 e. The molecule has 1 aromatic rings. The van der Waals surface area contributed by atoms with E-state index in [2.05, 4.69) is 5.32 Å². The summed E-state index contributed by atoms with van der Waals surface area (Å²) in [6.07, 6.45) is 2.18. The van der Waals surface area contributed by atoms with E-state index >= 15 is 0 Å². The van der Waals surface area contributed by atoms with Crippen molar-refractivity contribution in [2.24, 2.45) is 5.92 Å². The van der Waals surface area contributed by atoms with E-state index in [-0.39, 0.29) is 12.6 Å². The molecule has 1 aromatic heterocycles. The first-order chi connectivity index (χ1) is 8.65. The van der Waals surface area contributed by atoms with Crippen LogP contribution in [0.5, 0.6) is 0 Å². The van der Waals surface area contributed by atoms with E-state index in [0.29, 0.717) is 19.0 Å². The first kappa shape index (κ1) is 12.9. The summed E-state index contributed by atoms with van der Waals surface area (Å²) in [5.74, 6) is -0.488. The number of urea groups is 1. The van der Waals surface area contributed by atoms with Gasteiger partial charge in [0.1, 0.15) is 6.54 Å². The third-order valence-electron chi connectivity index (χ3n) is 2.81. The quantitative estimate of drug-likeness (QED) is 0.826. The molecule has 98 valence electrons. The molecule has 1 aliphatic rings. The van der Waals surface area contributed by atoms with Crippen molar-refractivity contribution < 1.29 is 14.7 Å². The van der Waals surface area contributed by atoms with Gasteiger partial charge in [-0.1, -0.05) is 0 Å². The van der Waals surface area contributed by atoms with E-state index in [9.17, 15) is 9.59 Å². The predicted molar refractivity (Wildman–Crippen MR) is 68.5 cm³/mol. The number of carboxylic acid groups (broad SMARTS) is 1. The van der Waals surface area contributed by atoms with Gasteiger partial charge in [-0.05, 0) is 41.1 Å². The number of hydrogen-bond acceptors (Lipinski definition) is 3. The summed E-state index contributed by atoms with van der Waals surface area (Å²) in [4.78, 5) is 24.0. The number of thiophene rings is 1. The topological polar surface area (TPSA) is 69.6 Å². The van der Waals surface area contributed by atoms with Gasteiger partial charge in [-0.15, -0.1) is 0 Å². The van der Waals surface area contributed by atoms with E-state index in [1.54, 1.807) is 11.3 Å². The largest absolute Gasteiger partial charge is 0.480 e. The molecule has 0 atom stereocenters. The lowest BCUT2D eigenvalue weighted by Gasteiger charge is -2.20. The Bertz CT molecular complexity index is 415. The van der Waals surface area contributed by atoms with E-state index in [0.717, 1.165) is 18.4 Å². The van der Waals surface area contributed by atoms with Gasteiger partial charge in [0.15, 0.2) is 0 Å². The molecule has 0 spiro atoms. The van der Waals surface area contributed by atoms with Gasteiger partial charge in [0, 0.05) is 13.1 Å². The average molecular weight is 268 g/mol. The molecule has 2 rings (SSSR count). The highest BCUT2D eigenvalue weighted by atomic mass is 32.1. The predicted octanol–water partition coefficient (Wildman–Crippen LogP) is 1.75. The summed E-state index contributed by atoms with van der Waals surface area (Å²) in [6, 6.07) is 1.64. The number of rotatable bonds is 6. The second-order valence-corrected chi connectivity index (χ2v) is 5.29. The van der Waals surface area contributed by atoms with Crippen LogP contribution in [-0.2, 0) is 11.3 Å². The molecule has 2 N–H and O–H groups in total. The van der Waals surface area contributed by atoms with Crippen molar-refractivity contribution in [3.05, 3.63) is 22.4 Å². The van der Waals surface area contributed by atoms with E-state index < -0.39 is 5.97 Å². The number of amides is 2. The van der Waals surface area contributed by atoms with Gasteiger partial charge < -0.3 is 15.3 Å². The Kier molecular flexibility index (Phi) is 4.19. The fourth-order valence-electron chi connectivity index (χ4n) is 1.68. The minimum atomic E-state index is -0.971. The highest BCUT2D eigenvalue weighted by Crippen LogP contribution is 2.29. The zero-order valence-electron chi connectivity index (χ0n) is 9.96. The van der Waals surface area contributed by atoms with Gasteiger partial charge in [-0.3, -0.25) is 4.79 Å². The lowest BCUT2D eigenvalue weighted by molar-refractivity contribution is -0.137. The molecule has 0 bridgehead atoms. The number of nitrogens with zero attached hydrogens (tertiary/aromatic N) is 1. The van der Waals surface area contributed by atoms with E-state index in [1.165, 1.54) is 4.90 Å². The van der Waals surface area contributed by atoms with Crippen LogP contribution in [-0.4, -0.2) is 35.1 Å². The van der Waals surface area contributed by atoms with Crippen molar-refractivity contribution in [1.82, 2.24) is 10.2 Å². The van der Waals surface area contributed by atoms with Gasteiger partial charge in [-0.25, -0.2) is 4.79 Å². The van der Waals surface area contributed by atoms with Crippen molar-refractivity contribution in [3.63, 3.8) is 0 Å². The van der Waals surface area contributed by atoms with Crippen molar-refractivity contribution in [2.45, 2.75) is 19.4 Å². The summed E-state index contributed by atoms with van der Waals surface area (Å²) < 4.78 is 0. The molecule has 1 fully saturated rings. The van der Waals surface area contributed by atoms with Gasteiger partial charge >= 0.3 is 12.0 Å². The third-order valence-corrected chi connectivity index (χ3v) is 3.54. The average Bonchev–Trinajstić information content (AvgIpc) is 2.98. The zero-order chi connectivity index (χ0) is 13.0. The second-order valence-electron chi connectivity index (χ2n) is 4.51. The Hall–Kier alpha value is -1.56. The summed E-state index contributed by atoms with van der Waals surface area (Å²) in [7, 11) is 0. The number of carbonyl (C=O) groups excluding carboxylic acids is 1. The molecule has 1 heterocycles. The first-order valence-electron chi connectivity index (χ1n) is 5.91. The molecule has 5 nitrogen and oxygen atoms in total. The standard InChI is InChI=1S/C12H16N2O3S/c15-11(16)7-14(6-9-1-2-9)12(17)13-5-10-3-4-18-8-10/h3-4,8-9H,1-2,5-7H2,(H,13,17)(H,15,16). The van der Waals surface area contributed by atoms with Crippen LogP contribution < -0.4 is 5.32 Å². The highest BCUT2D eigenvalue weighted by molar-refractivity contribution is 7.07. The molecule has 0 unspecified atom stereocenters. The van der Waals surface area contributed by atoms with Gasteiger partial charge in [0.05, 0.1) is 0 Å². The minimum absolute atomic E-state index is 0.230. The fourth-order valence-corrected chi connectivity index (χ4v) is 2.35. The van der Waals surface area contributed by atoms with Crippen molar-refractivity contribution >= 4 is 23.3 Å². The fraction of sp³-hybridized carbons (Fsp3) is 0.500. The number of nitrogens with one attached hydrogen (secondary N) is 1. The summed E-state index contributed by atoms with van der Waals surface area (Å²) in [5.41, 5.74) is 1.04. The number of carboxylic acids is 1. The van der Waals surface area contributed by atoms with Crippen LogP contribution in [0.4, 0.5) is 4.79 Å². The molecule has 2 amide bonds. The van der Waals surface area contributed by atoms with Crippen molar-refractivity contribution in [2.75, 3.05) is 13.1 Å². The van der Waals surface area contributed by atoms with Crippen LogP contribution in [0.15, 0.2) is 16.8 Å². The van der Waals surface area contributed by atoms with Crippen LogP contribution in [0.25, 0.3) is 0 Å². The summed E-state index contributed by atoms with van der Waals surface area (Å²) in [5, 5.41) is 15.5. The number of aliphatic carboxylic acids is 1. The molecule has 18 heavy (non-hydrogen) atoms. The van der Waals surface area contributed by atoms with Crippen LogP contribution >= 0.6 is 11.3 Å². The Morgan fingerprint density at radius 1 is 1.50 bits per heavy atom. The molecule has 6 heteroatoms. The van der Waals surface area contributed by atoms with Crippen molar-refractivity contribution in [1.29, 1.82) is 0 Å². The van der Waals surface area contributed by atoms with Gasteiger partial charge in [0.25, 0.3) is 0 Å². The molecular formula is C12H16N2O3S. The van der Waals surface area contributed by atoms with Crippen LogP contribution in [0, 0.1) is 5.92 Å². The maximum Gasteiger partial charge on any atom is 0.323 e. The van der Waals surface area contributed by atoms with Gasteiger partial charge in [0.2, 0.25) is 0 Å². The molecule has 0 aliphatic heterocycles. The monoisotopic (exact) mass is 268 g/mol. The Morgan fingerprint density at radius 3 is 2.83 bits per heavy atom. The summed E-state index contributed by atoms with van der Waals surface area (Å²) >= 11 is 1.57. The maximum atomic E-state index is 11.9. The zero-order valence-corrected chi connectivity index (χ0v) is 10.8. The Morgan fingerprint density at radius 2 is 2.28 bits per heavy atom. The van der Waals surface area contributed by atoms with Gasteiger partial charge in [-0.2, -0.15) is 11.3 Å². The number of hydrogen-bond donors (Lipinski definition) is 2. The first-order valence-corrected chi connectivity index (χ1v) is 6.85. The SMILES string of the molecule is O=C(O)CN(CC1CC1)C(=O)NCc1ccsc1. The molecule has 0 saturated heterocycles. The maximum absolute atomic E-state index is 11.9. The second kappa shape index (κ2) is 5.86. The van der Waals surface area contributed by atoms with E-state index in [4.69, 9.17) is 5.11 Å². The van der Waals surface area contributed by atoms with Crippen LogP contribution in [0.3, 0.4) is 0 Å². The molecule has 0 aromatic carbocycles. The molecule has 1 saturated carbocycles. The van der Waals surface area contributed by atoms with E-state index in [1.807, 2.05) is 16.8 Å². The molecule has 0 radical (unpaired) electrons. The van der Waals surface area contributed by atoms with Crippen LogP contribution in [0.2, 0.25) is 0 Å². The third kappa shape index (κ3) is 4.03. The normalized spacial score (nSPS) is 14.2. The molecule has 1 aliphatic carbocycles. The minimum Gasteiger partial charge on any atom is -0.480 e. The van der Waals surface area contributed by atoms with Crippen molar-refractivity contribution in [3.8, 4) is 0 Å². The Balaban J connectivity index is 1.83. The lowest BCUT2D eigenvalue weighted by atomic mass is 10.3. The lowest BCUT2D eigenvalue weighted by Crippen LogP contribution is -2.43.